The first-order valence-electron chi connectivity index (χ1n) is 6.33. The molecule has 1 fully saturated rings. The van der Waals surface area contributed by atoms with Gasteiger partial charge in [0.2, 0.25) is 5.91 Å². The average molecular weight is 312 g/mol. The Labute approximate surface area is 123 Å². The summed E-state index contributed by atoms with van der Waals surface area (Å²) < 4.78 is 36.9. The molecule has 9 heteroatoms. The third kappa shape index (κ3) is 3.72. The molecule has 0 unspecified atom stereocenters. The smallest absolute Gasteiger partial charge is 0.339 e. The fourth-order valence-electron chi connectivity index (χ4n) is 2.10. The van der Waals surface area contributed by atoms with E-state index in [9.17, 15) is 22.8 Å². The van der Waals surface area contributed by atoms with E-state index in [2.05, 4.69) is 10.3 Å². The van der Waals surface area contributed by atoms with Gasteiger partial charge >= 0.3 is 6.18 Å². The lowest BCUT2D eigenvalue weighted by molar-refractivity contribution is -0.157. The summed E-state index contributed by atoms with van der Waals surface area (Å²) in [6.07, 6.45) is -3.12. The van der Waals surface area contributed by atoms with Crippen molar-refractivity contribution >= 4 is 11.8 Å². The van der Waals surface area contributed by atoms with Crippen LogP contribution in [0.1, 0.15) is 22.5 Å². The first-order chi connectivity index (χ1) is 10.3. The molecule has 0 saturated carbocycles. The Balaban J connectivity index is 2.01. The Bertz CT molecular complexity index is 639. The van der Waals surface area contributed by atoms with Crippen molar-refractivity contribution in [3.8, 4) is 6.07 Å². The number of amides is 2. The minimum Gasteiger partial charge on any atom is -0.339 e. The molecular weight excluding hydrogens is 301 g/mol. The predicted octanol–water partition coefficient (Wildman–Crippen LogP) is 0.846. The van der Waals surface area contributed by atoms with E-state index in [1.165, 1.54) is 18.3 Å². The minimum absolute atomic E-state index is 0.0684. The summed E-state index contributed by atoms with van der Waals surface area (Å²) in [5.41, 5.74) is 0.151. The maximum absolute atomic E-state index is 12.3. The van der Waals surface area contributed by atoms with Gasteiger partial charge in [-0.25, -0.2) is 0 Å². The van der Waals surface area contributed by atoms with Crippen molar-refractivity contribution in [2.45, 2.75) is 18.6 Å². The molecule has 0 spiro atoms. The Morgan fingerprint density at radius 2 is 2.27 bits per heavy atom. The zero-order valence-corrected chi connectivity index (χ0v) is 11.2. The Morgan fingerprint density at radius 1 is 1.55 bits per heavy atom. The molecule has 2 amide bonds. The van der Waals surface area contributed by atoms with E-state index in [1.807, 2.05) is 6.07 Å². The highest BCUT2D eigenvalue weighted by atomic mass is 19.4. The second-order valence-electron chi connectivity index (χ2n) is 4.73. The van der Waals surface area contributed by atoms with Gasteiger partial charge in [-0.2, -0.15) is 18.4 Å². The molecule has 1 saturated heterocycles. The monoisotopic (exact) mass is 312 g/mol. The zero-order valence-electron chi connectivity index (χ0n) is 11.2. The lowest BCUT2D eigenvalue weighted by atomic mass is 10.2. The Hall–Kier alpha value is -2.63. The number of alkyl halides is 3. The fourth-order valence-corrected chi connectivity index (χ4v) is 2.10. The van der Waals surface area contributed by atoms with Crippen LogP contribution in [0.25, 0.3) is 0 Å². The lowest BCUT2D eigenvalue weighted by Crippen LogP contribution is -2.44. The van der Waals surface area contributed by atoms with E-state index < -0.39 is 30.6 Å². The van der Waals surface area contributed by atoms with E-state index >= 15 is 0 Å². The van der Waals surface area contributed by atoms with E-state index in [-0.39, 0.29) is 24.2 Å². The van der Waals surface area contributed by atoms with Gasteiger partial charge in [-0.1, -0.05) is 0 Å². The van der Waals surface area contributed by atoms with Gasteiger partial charge in [0, 0.05) is 12.7 Å². The summed E-state index contributed by atoms with van der Waals surface area (Å²) in [5, 5.41) is 11.1. The van der Waals surface area contributed by atoms with Crippen LogP contribution < -0.4 is 5.32 Å². The van der Waals surface area contributed by atoms with Crippen LogP contribution in [0.5, 0.6) is 0 Å². The number of carbonyl (C=O) groups excluding carboxylic acids is 2. The number of nitriles is 1. The zero-order chi connectivity index (χ0) is 16.3. The molecule has 1 N–H and O–H groups in total. The first kappa shape index (κ1) is 15.8. The number of aromatic nitrogens is 1. The number of nitrogens with one attached hydrogen (secondary N) is 1. The summed E-state index contributed by atoms with van der Waals surface area (Å²) in [7, 11) is 0. The summed E-state index contributed by atoms with van der Waals surface area (Å²) in [4.78, 5) is 28.2. The highest BCUT2D eigenvalue weighted by molar-refractivity contribution is 5.96. The SMILES string of the molecule is N#Cc1ccnc(C(=O)N[C@H]2CCN(CC(F)(F)F)C2=O)c1. The topological polar surface area (TPSA) is 86.1 Å². The number of likely N-dealkylation sites (tertiary alicyclic amines) is 1. The predicted molar refractivity (Wildman–Crippen MR) is 67.5 cm³/mol. The largest absolute Gasteiger partial charge is 0.406 e. The quantitative estimate of drug-likeness (QED) is 0.896. The van der Waals surface area contributed by atoms with Gasteiger partial charge in [0.15, 0.2) is 0 Å². The van der Waals surface area contributed by atoms with Crippen LogP contribution in [-0.2, 0) is 4.79 Å². The molecule has 2 heterocycles. The van der Waals surface area contributed by atoms with Crippen LogP contribution in [0.3, 0.4) is 0 Å². The molecule has 0 bridgehead atoms. The first-order valence-corrected chi connectivity index (χ1v) is 6.33. The molecule has 1 aromatic heterocycles. The third-order valence-electron chi connectivity index (χ3n) is 3.09. The number of nitrogens with zero attached hydrogens (tertiary/aromatic N) is 3. The summed E-state index contributed by atoms with van der Waals surface area (Å²) in [5.74, 6) is -1.48. The van der Waals surface area contributed by atoms with E-state index in [0.29, 0.717) is 4.90 Å². The molecule has 0 aliphatic carbocycles. The van der Waals surface area contributed by atoms with Crippen LogP contribution in [-0.4, -0.2) is 47.0 Å². The molecular formula is C13H11F3N4O2. The number of hydrogen-bond acceptors (Lipinski definition) is 4. The Morgan fingerprint density at radius 3 is 2.91 bits per heavy atom. The van der Waals surface area contributed by atoms with E-state index in [4.69, 9.17) is 5.26 Å². The van der Waals surface area contributed by atoms with Crippen molar-refractivity contribution in [1.82, 2.24) is 15.2 Å². The summed E-state index contributed by atoms with van der Waals surface area (Å²) in [6.45, 7) is -1.41. The number of halogens is 3. The van der Waals surface area contributed by atoms with Gasteiger partial charge in [0.25, 0.3) is 5.91 Å². The molecule has 116 valence electrons. The molecule has 1 aliphatic rings. The molecule has 2 rings (SSSR count). The molecule has 6 nitrogen and oxygen atoms in total. The molecule has 22 heavy (non-hydrogen) atoms. The minimum atomic E-state index is -4.47. The lowest BCUT2D eigenvalue weighted by Gasteiger charge is -2.18. The van der Waals surface area contributed by atoms with Crippen molar-refractivity contribution in [2.75, 3.05) is 13.1 Å². The van der Waals surface area contributed by atoms with Gasteiger partial charge in [0.1, 0.15) is 18.3 Å². The van der Waals surface area contributed by atoms with Crippen molar-refractivity contribution < 1.29 is 22.8 Å². The number of pyridine rings is 1. The maximum Gasteiger partial charge on any atom is 0.406 e. The average Bonchev–Trinajstić information content (AvgIpc) is 2.78. The van der Waals surface area contributed by atoms with Crippen molar-refractivity contribution in [3.05, 3.63) is 29.6 Å². The molecule has 1 aromatic rings. The van der Waals surface area contributed by atoms with E-state index in [0.717, 1.165) is 0 Å². The molecule has 1 atom stereocenters. The summed E-state index contributed by atoms with van der Waals surface area (Å²) in [6, 6.07) is 3.47. The molecule has 0 aromatic carbocycles. The normalized spacial score (nSPS) is 18.2. The van der Waals surface area contributed by atoms with Gasteiger partial charge < -0.3 is 10.2 Å². The van der Waals surface area contributed by atoms with Crippen LogP contribution in [0.15, 0.2) is 18.3 Å². The van der Waals surface area contributed by atoms with Gasteiger partial charge in [0.05, 0.1) is 11.6 Å². The van der Waals surface area contributed by atoms with Crippen LogP contribution >= 0.6 is 0 Å². The van der Waals surface area contributed by atoms with Gasteiger partial charge in [-0.3, -0.25) is 14.6 Å². The fraction of sp³-hybridized carbons (Fsp3) is 0.385. The van der Waals surface area contributed by atoms with Crippen molar-refractivity contribution in [1.29, 1.82) is 5.26 Å². The van der Waals surface area contributed by atoms with Crippen LogP contribution in [0, 0.1) is 11.3 Å². The highest BCUT2D eigenvalue weighted by Crippen LogP contribution is 2.21. The number of carbonyl (C=O) groups is 2. The van der Waals surface area contributed by atoms with Crippen LogP contribution in [0.4, 0.5) is 13.2 Å². The van der Waals surface area contributed by atoms with Gasteiger partial charge in [-0.15, -0.1) is 0 Å². The Kier molecular flexibility index (Phi) is 4.30. The highest BCUT2D eigenvalue weighted by Gasteiger charge is 2.39. The van der Waals surface area contributed by atoms with Crippen molar-refractivity contribution in [2.24, 2.45) is 0 Å². The maximum atomic E-state index is 12.3. The van der Waals surface area contributed by atoms with E-state index in [1.54, 1.807) is 0 Å². The van der Waals surface area contributed by atoms with Gasteiger partial charge in [-0.05, 0) is 18.6 Å². The molecule has 1 aliphatic heterocycles. The second-order valence-corrected chi connectivity index (χ2v) is 4.73. The number of hydrogen-bond donors (Lipinski definition) is 1. The van der Waals surface area contributed by atoms with Crippen LogP contribution in [0.2, 0.25) is 0 Å². The number of rotatable bonds is 3. The summed E-state index contributed by atoms with van der Waals surface area (Å²) >= 11 is 0. The second kappa shape index (κ2) is 6.01. The standard InChI is InChI=1S/C13H11F3N4O2/c14-13(15,16)7-20-4-2-9(12(20)22)19-11(21)10-5-8(6-17)1-3-18-10/h1,3,5,9H,2,4,7H2,(H,19,21)/t9-/m0/s1. The molecule has 0 radical (unpaired) electrons. The third-order valence-corrected chi connectivity index (χ3v) is 3.09. The van der Waals surface area contributed by atoms with Crippen molar-refractivity contribution in [3.63, 3.8) is 0 Å².